The van der Waals surface area contributed by atoms with Crippen LogP contribution >= 0.6 is 15.9 Å². The highest BCUT2D eigenvalue weighted by Gasteiger charge is 2.32. The van der Waals surface area contributed by atoms with Gasteiger partial charge in [-0.25, -0.2) is 8.42 Å². The molecule has 0 aliphatic carbocycles. The molecule has 1 atom stereocenters. The molecule has 8 heteroatoms. The first kappa shape index (κ1) is 23.9. The van der Waals surface area contributed by atoms with Crippen LogP contribution in [0.15, 0.2) is 70.0 Å². The normalized spacial score (nSPS) is 17.2. The third-order valence-corrected chi connectivity index (χ3v) is 8.98. The van der Waals surface area contributed by atoms with Crippen molar-refractivity contribution in [2.24, 2.45) is 0 Å². The fraction of sp³-hybridized carbons (Fsp3) is 0.296. The average Bonchev–Trinajstić information content (AvgIpc) is 3.17. The van der Waals surface area contributed by atoms with Crippen molar-refractivity contribution in [3.63, 3.8) is 0 Å². The summed E-state index contributed by atoms with van der Waals surface area (Å²) in [5, 5.41) is 0. The van der Waals surface area contributed by atoms with Crippen LogP contribution in [-0.2, 0) is 27.7 Å². The minimum Gasteiger partial charge on any atom is -0.483 e. The number of aryl methyl sites for hydroxylation is 2. The standard InChI is InChI=1S/C27H27BrN2O4S/c1-18-14-23(35(32,33)29-13-5-7-20-6-3-4-8-24(20)29)10-12-26(18)34-17-27(31)30-19(2)15-21-16-22(28)9-11-25(21)30/h3-4,6,8-12,14,16,19H,5,7,13,15,17H2,1-2H3. The van der Waals surface area contributed by atoms with E-state index in [1.54, 1.807) is 30.0 Å². The molecule has 35 heavy (non-hydrogen) atoms. The van der Waals surface area contributed by atoms with E-state index in [1.165, 1.54) is 4.31 Å². The lowest BCUT2D eigenvalue weighted by Gasteiger charge is -2.30. The number of fused-ring (bicyclic) bond motifs is 2. The number of nitrogens with zero attached hydrogens (tertiary/aromatic N) is 2. The van der Waals surface area contributed by atoms with Gasteiger partial charge in [0, 0.05) is 22.7 Å². The van der Waals surface area contributed by atoms with Gasteiger partial charge in [-0.15, -0.1) is 0 Å². The number of amides is 1. The summed E-state index contributed by atoms with van der Waals surface area (Å²) in [6.45, 7) is 4.16. The number of hydrogen-bond acceptors (Lipinski definition) is 4. The molecule has 3 aromatic rings. The van der Waals surface area contributed by atoms with Gasteiger partial charge in [0.05, 0.1) is 10.6 Å². The second kappa shape index (κ2) is 9.32. The maximum absolute atomic E-state index is 13.5. The van der Waals surface area contributed by atoms with E-state index in [9.17, 15) is 13.2 Å². The van der Waals surface area contributed by atoms with Gasteiger partial charge in [0.25, 0.3) is 15.9 Å². The van der Waals surface area contributed by atoms with Crippen LogP contribution in [0.1, 0.15) is 30.0 Å². The molecule has 6 nitrogen and oxygen atoms in total. The van der Waals surface area contributed by atoms with E-state index in [0.29, 0.717) is 17.9 Å². The summed E-state index contributed by atoms with van der Waals surface area (Å²) in [6, 6.07) is 18.4. The number of carbonyl (C=O) groups is 1. The first-order valence-corrected chi connectivity index (χ1v) is 13.9. The van der Waals surface area contributed by atoms with Crippen molar-refractivity contribution >= 4 is 43.2 Å². The van der Waals surface area contributed by atoms with Crippen LogP contribution in [0.25, 0.3) is 0 Å². The zero-order valence-corrected chi connectivity index (χ0v) is 22.1. The highest BCUT2D eigenvalue weighted by molar-refractivity contribution is 9.10. The van der Waals surface area contributed by atoms with Gasteiger partial charge in [0.1, 0.15) is 5.75 Å². The molecule has 182 valence electrons. The lowest BCUT2D eigenvalue weighted by molar-refractivity contribution is -0.120. The van der Waals surface area contributed by atoms with Crippen molar-refractivity contribution in [1.29, 1.82) is 0 Å². The van der Waals surface area contributed by atoms with E-state index in [2.05, 4.69) is 15.9 Å². The zero-order valence-electron chi connectivity index (χ0n) is 19.7. The number of carbonyl (C=O) groups excluding carboxylic acids is 1. The summed E-state index contributed by atoms with van der Waals surface area (Å²) in [4.78, 5) is 15.0. The van der Waals surface area contributed by atoms with Crippen molar-refractivity contribution in [3.05, 3.63) is 81.8 Å². The summed E-state index contributed by atoms with van der Waals surface area (Å²) >= 11 is 3.49. The second-order valence-electron chi connectivity index (χ2n) is 9.12. The largest absolute Gasteiger partial charge is 0.483 e. The number of para-hydroxylation sites is 1. The lowest BCUT2D eigenvalue weighted by Crippen LogP contribution is -2.39. The van der Waals surface area contributed by atoms with E-state index in [1.807, 2.05) is 49.4 Å². The molecule has 1 unspecified atom stereocenters. The second-order valence-corrected chi connectivity index (χ2v) is 11.9. The third-order valence-electron chi connectivity index (χ3n) is 6.68. The summed E-state index contributed by atoms with van der Waals surface area (Å²) in [7, 11) is -3.70. The summed E-state index contributed by atoms with van der Waals surface area (Å²) in [6.07, 6.45) is 2.46. The summed E-state index contributed by atoms with van der Waals surface area (Å²) in [5.41, 5.74) is 4.50. The number of rotatable bonds is 5. The van der Waals surface area contributed by atoms with Crippen LogP contribution < -0.4 is 13.9 Å². The Labute approximate surface area is 214 Å². The Balaban J connectivity index is 1.32. The zero-order chi connectivity index (χ0) is 24.7. The monoisotopic (exact) mass is 554 g/mol. The van der Waals surface area contributed by atoms with Crippen LogP contribution in [-0.4, -0.2) is 33.5 Å². The van der Waals surface area contributed by atoms with Gasteiger partial charge in [-0.2, -0.15) is 0 Å². The number of benzene rings is 3. The molecule has 0 saturated carbocycles. The van der Waals surface area contributed by atoms with Crippen LogP contribution in [0.4, 0.5) is 11.4 Å². The minimum absolute atomic E-state index is 0.0523. The molecular weight excluding hydrogens is 528 g/mol. The molecule has 2 aliphatic heterocycles. The SMILES string of the molecule is Cc1cc(S(=O)(=O)N2CCCc3ccccc32)ccc1OCC(=O)N1c2ccc(Br)cc2CC1C. The van der Waals surface area contributed by atoms with E-state index in [4.69, 9.17) is 4.74 Å². The number of halogens is 1. The van der Waals surface area contributed by atoms with Gasteiger partial charge in [-0.3, -0.25) is 9.10 Å². The van der Waals surface area contributed by atoms with Crippen molar-refractivity contribution in [3.8, 4) is 5.75 Å². The van der Waals surface area contributed by atoms with Crippen LogP contribution in [0.5, 0.6) is 5.75 Å². The van der Waals surface area contributed by atoms with Crippen molar-refractivity contribution in [2.45, 2.75) is 44.0 Å². The van der Waals surface area contributed by atoms with Crippen LogP contribution in [0.3, 0.4) is 0 Å². The Morgan fingerprint density at radius 1 is 1.06 bits per heavy atom. The molecule has 2 aliphatic rings. The molecule has 5 rings (SSSR count). The van der Waals surface area contributed by atoms with E-state index >= 15 is 0 Å². The molecule has 1 amide bonds. The molecule has 2 heterocycles. The summed E-state index contributed by atoms with van der Waals surface area (Å²) in [5.74, 6) is 0.374. The smallest absolute Gasteiger partial charge is 0.265 e. The molecule has 0 spiro atoms. The third kappa shape index (κ3) is 4.45. The molecule has 0 saturated heterocycles. The molecule has 0 aromatic heterocycles. The fourth-order valence-corrected chi connectivity index (χ4v) is 7.04. The molecule has 0 N–H and O–H groups in total. The summed E-state index contributed by atoms with van der Waals surface area (Å²) < 4.78 is 35.2. The van der Waals surface area contributed by atoms with E-state index < -0.39 is 10.0 Å². The van der Waals surface area contributed by atoms with E-state index in [-0.39, 0.29) is 23.5 Å². The number of ether oxygens (including phenoxy) is 1. The Morgan fingerprint density at radius 3 is 2.66 bits per heavy atom. The topological polar surface area (TPSA) is 66.9 Å². The quantitative estimate of drug-likeness (QED) is 0.431. The Bertz CT molecular complexity index is 1410. The van der Waals surface area contributed by atoms with Crippen molar-refractivity contribution in [2.75, 3.05) is 22.4 Å². The lowest BCUT2D eigenvalue weighted by atomic mass is 10.0. The first-order chi connectivity index (χ1) is 16.8. The molecular formula is C27H27BrN2O4S. The van der Waals surface area contributed by atoms with Gasteiger partial charge in [0.2, 0.25) is 0 Å². The highest BCUT2D eigenvalue weighted by Crippen LogP contribution is 2.35. The van der Waals surface area contributed by atoms with Gasteiger partial charge in [-0.1, -0.05) is 34.1 Å². The Morgan fingerprint density at radius 2 is 1.86 bits per heavy atom. The van der Waals surface area contributed by atoms with Gasteiger partial charge >= 0.3 is 0 Å². The van der Waals surface area contributed by atoms with Gasteiger partial charge in [0.15, 0.2) is 6.61 Å². The molecule has 0 fully saturated rings. The van der Waals surface area contributed by atoms with Crippen molar-refractivity contribution in [1.82, 2.24) is 0 Å². The number of anilines is 2. The number of hydrogen-bond donors (Lipinski definition) is 0. The number of sulfonamides is 1. The van der Waals surface area contributed by atoms with Crippen LogP contribution in [0.2, 0.25) is 0 Å². The van der Waals surface area contributed by atoms with Gasteiger partial charge < -0.3 is 9.64 Å². The Kier molecular flexibility index (Phi) is 6.36. The minimum atomic E-state index is -3.70. The highest BCUT2D eigenvalue weighted by atomic mass is 79.9. The van der Waals surface area contributed by atoms with Crippen LogP contribution in [0, 0.1) is 6.92 Å². The Hall–Kier alpha value is -2.84. The predicted octanol–water partition coefficient (Wildman–Crippen LogP) is 5.26. The maximum atomic E-state index is 13.5. The first-order valence-electron chi connectivity index (χ1n) is 11.7. The van der Waals surface area contributed by atoms with E-state index in [0.717, 1.165) is 46.2 Å². The fourth-order valence-electron chi connectivity index (χ4n) is 5.01. The molecule has 3 aromatic carbocycles. The average molecular weight is 555 g/mol. The molecule has 0 radical (unpaired) electrons. The van der Waals surface area contributed by atoms with Crippen molar-refractivity contribution < 1.29 is 17.9 Å². The molecule has 0 bridgehead atoms. The van der Waals surface area contributed by atoms with Gasteiger partial charge in [-0.05, 0) is 92.3 Å². The predicted molar refractivity (Wildman–Crippen MR) is 141 cm³/mol. The maximum Gasteiger partial charge on any atom is 0.265 e.